The van der Waals surface area contributed by atoms with Gasteiger partial charge in [-0.15, -0.1) is 10.2 Å². The SMILES string of the molecule is CC1CN(CC(=O)Nc2nnc(C(F)(F)F)s2)CC(C)O1. The summed E-state index contributed by atoms with van der Waals surface area (Å²) in [6.45, 7) is 5.09. The highest BCUT2D eigenvalue weighted by atomic mass is 32.1. The van der Waals surface area contributed by atoms with Crippen molar-refractivity contribution in [1.29, 1.82) is 0 Å². The summed E-state index contributed by atoms with van der Waals surface area (Å²) >= 11 is 0.309. The molecule has 1 aliphatic rings. The van der Waals surface area contributed by atoms with Gasteiger partial charge in [-0.1, -0.05) is 11.3 Å². The van der Waals surface area contributed by atoms with Crippen molar-refractivity contribution < 1.29 is 22.7 Å². The summed E-state index contributed by atoms with van der Waals surface area (Å²) in [7, 11) is 0. The first-order chi connectivity index (χ1) is 9.74. The standard InChI is InChI=1S/C11H15F3N4O2S/c1-6-3-18(4-7(2)20-6)5-8(19)15-10-17-16-9(21-10)11(12,13)14/h6-7H,3-5H2,1-2H3,(H,15,17,19). The molecule has 0 aliphatic carbocycles. The molecule has 1 amide bonds. The first-order valence-electron chi connectivity index (χ1n) is 6.32. The zero-order valence-electron chi connectivity index (χ0n) is 11.5. The lowest BCUT2D eigenvalue weighted by molar-refractivity contribution is -0.138. The minimum absolute atomic E-state index is 0.0138. The van der Waals surface area contributed by atoms with Crippen molar-refractivity contribution in [3.63, 3.8) is 0 Å². The van der Waals surface area contributed by atoms with Gasteiger partial charge in [0, 0.05) is 13.1 Å². The Labute approximate surface area is 123 Å². The van der Waals surface area contributed by atoms with Gasteiger partial charge in [0.15, 0.2) is 0 Å². The monoisotopic (exact) mass is 324 g/mol. The maximum absolute atomic E-state index is 12.4. The number of aromatic nitrogens is 2. The van der Waals surface area contributed by atoms with Crippen LogP contribution in [0.3, 0.4) is 0 Å². The highest BCUT2D eigenvalue weighted by molar-refractivity contribution is 7.15. The molecular weight excluding hydrogens is 309 g/mol. The van der Waals surface area contributed by atoms with E-state index in [1.165, 1.54) is 0 Å². The van der Waals surface area contributed by atoms with Crippen molar-refractivity contribution >= 4 is 22.4 Å². The van der Waals surface area contributed by atoms with E-state index in [-0.39, 0.29) is 23.9 Å². The van der Waals surface area contributed by atoms with Gasteiger partial charge in [0.05, 0.1) is 18.8 Å². The second kappa shape index (κ2) is 6.24. The summed E-state index contributed by atoms with van der Waals surface area (Å²) in [4.78, 5) is 13.7. The van der Waals surface area contributed by atoms with Gasteiger partial charge in [0.1, 0.15) is 0 Å². The molecule has 0 bridgehead atoms. The van der Waals surface area contributed by atoms with Crippen LogP contribution in [0, 0.1) is 0 Å². The van der Waals surface area contributed by atoms with Crippen LogP contribution in [-0.4, -0.2) is 52.8 Å². The molecule has 10 heteroatoms. The molecule has 118 valence electrons. The van der Waals surface area contributed by atoms with Crippen LogP contribution in [0.25, 0.3) is 0 Å². The molecule has 21 heavy (non-hydrogen) atoms. The fraction of sp³-hybridized carbons (Fsp3) is 0.727. The normalized spacial score (nSPS) is 24.0. The number of amides is 1. The second-order valence-electron chi connectivity index (χ2n) is 4.91. The Kier molecular flexibility index (Phi) is 4.79. The molecule has 1 N–H and O–H groups in total. The number of morpholine rings is 1. The zero-order valence-corrected chi connectivity index (χ0v) is 12.3. The van der Waals surface area contributed by atoms with Gasteiger partial charge in [-0.3, -0.25) is 15.0 Å². The summed E-state index contributed by atoms with van der Waals surface area (Å²) in [5, 5.41) is 7.43. The number of carbonyl (C=O) groups excluding carboxylic acids is 1. The summed E-state index contributed by atoms with van der Waals surface area (Å²) in [5.74, 6) is -0.416. The number of ether oxygens (including phenoxy) is 1. The van der Waals surface area contributed by atoms with Crippen LogP contribution >= 0.6 is 11.3 Å². The second-order valence-corrected chi connectivity index (χ2v) is 5.89. The van der Waals surface area contributed by atoms with E-state index in [1.54, 1.807) is 0 Å². The largest absolute Gasteiger partial charge is 0.445 e. The Morgan fingerprint density at radius 1 is 1.38 bits per heavy atom. The number of halogens is 3. The first kappa shape index (κ1) is 16.1. The van der Waals surface area contributed by atoms with Gasteiger partial charge in [0.2, 0.25) is 16.0 Å². The maximum atomic E-state index is 12.4. The average molecular weight is 324 g/mol. The summed E-state index contributed by atoms with van der Waals surface area (Å²) in [6.07, 6.45) is -4.52. The molecule has 0 spiro atoms. The Morgan fingerprint density at radius 3 is 2.52 bits per heavy atom. The molecule has 2 heterocycles. The summed E-state index contributed by atoms with van der Waals surface area (Å²) < 4.78 is 42.6. The smallest absolute Gasteiger partial charge is 0.373 e. The molecule has 1 aromatic rings. The summed E-state index contributed by atoms with van der Waals surface area (Å²) in [6, 6.07) is 0. The van der Waals surface area contributed by atoms with Gasteiger partial charge in [0.25, 0.3) is 0 Å². The van der Waals surface area contributed by atoms with E-state index in [0.717, 1.165) is 0 Å². The van der Waals surface area contributed by atoms with Crippen molar-refractivity contribution in [1.82, 2.24) is 15.1 Å². The third kappa shape index (κ3) is 4.61. The number of alkyl halides is 3. The van der Waals surface area contributed by atoms with Crippen LogP contribution in [0.1, 0.15) is 18.9 Å². The van der Waals surface area contributed by atoms with Crippen molar-refractivity contribution in [2.75, 3.05) is 25.0 Å². The Balaban J connectivity index is 1.88. The van der Waals surface area contributed by atoms with E-state index in [9.17, 15) is 18.0 Å². The number of hydrogen-bond acceptors (Lipinski definition) is 6. The molecule has 1 fully saturated rings. The quantitative estimate of drug-likeness (QED) is 0.915. The number of rotatable bonds is 3. The summed E-state index contributed by atoms with van der Waals surface area (Å²) in [5.41, 5.74) is 0. The Bertz CT molecular complexity index is 498. The molecule has 2 atom stereocenters. The van der Waals surface area contributed by atoms with E-state index in [4.69, 9.17) is 4.74 Å². The average Bonchev–Trinajstić information content (AvgIpc) is 2.75. The predicted molar refractivity (Wildman–Crippen MR) is 70.0 cm³/mol. The van der Waals surface area contributed by atoms with Crippen LogP contribution < -0.4 is 5.32 Å². The number of hydrogen-bond donors (Lipinski definition) is 1. The highest BCUT2D eigenvalue weighted by Crippen LogP contribution is 2.32. The minimum atomic E-state index is -4.55. The Morgan fingerprint density at radius 2 is 2.00 bits per heavy atom. The molecule has 1 saturated heterocycles. The lowest BCUT2D eigenvalue weighted by Gasteiger charge is -2.34. The number of nitrogens with one attached hydrogen (secondary N) is 1. The van der Waals surface area contributed by atoms with Crippen LogP contribution in [-0.2, 0) is 15.7 Å². The van der Waals surface area contributed by atoms with Crippen LogP contribution in [0.2, 0.25) is 0 Å². The van der Waals surface area contributed by atoms with Gasteiger partial charge < -0.3 is 4.74 Å². The van der Waals surface area contributed by atoms with Gasteiger partial charge in [-0.05, 0) is 13.8 Å². The minimum Gasteiger partial charge on any atom is -0.373 e. The zero-order chi connectivity index (χ0) is 15.6. The maximum Gasteiger partial charge on any atom is 0.445 e. The third-order valence-corrected chi connectivity index (χ3v) is 3.66. The molecule has 2 unspecified atom stereocenters. The number of carbonyl (C=O) groups is 1. The van der Waals surface area contributed by atoms with E-state index in [2.05, 4.69) is 15.5 Å². The van der Waals surface area contributed by atoms with Crippen molar-refractivity contribution in [3.8, 4) is 0 Å². The molecule has 6 nitrogen and oxygen atoms in total. The van der Waals surface area contributed by atoms with Crippen LogP contribution in [0.4, 0.5) is 18.3 Å². The lowest BCUT2D eigenvalue weighted by Crippen LogP contribution is -2.48. The van der Waals surface area contributed by atoms with E-state index in [0.29, 0.717) is 24.4 Å². The van der Waals surface area contributed by atoms with Gasteiger partial charge in [-0.2, -0.15) is 13.2 Å². The highest BCUT2D eigenvalue weighted by Gasteiger charge is 2.36. The Hall–Kier alpha value is -1.26. The molecule has 0 saturated carbocycles. The van der Waals surface area contributed by atoms with E-state index < -0.39 is 17.1 Å². The topological polar surface area (TPSA) is 67.4 Å². The molecule has 1 aromatic heterocycles. The lowest BCUT2D eigenvalue weighted by atomic mass is 10.2. The molecular formula is C11H15F3N4O2S. The van der Waals surface area contributed by atoms with E-state index >= 15 is 0 Å². The predicted octanol–water partition coefficient (Wildman–Crippen LogP) is 1.60. The fourth-order valence-corrected chi connectivity index (χ4v) is 2.79. The molecule has 0 radical (unpaired) electrons. The fourth-order valence-electron chi connectivity index (χ4n) is 2.16. The van der Waals surface area contributed by atoms with Crippen molar-refractivity contribution in [2.45, 2.75) is 32.2 Å². The molecule has 2 rings (SSSR count). The van der Waals surface area contributed by atoms with Gasteiger partial charge >= 0.3 is 6.18 Å². The van der Waals surface area contributed by atoms with E-state index in [1.807, 2.05) is 18.7 Å². The van der Waals surface area contributed by atoms with Crippen LogP contribution in [0.15, 0.2) is 0 Å². The van der Waals surface area contributed by atoms with Crippen molar-refractivity contribution in [3.05, 3.63) is 5.01 Å². The van der Waals surface area contributed by atoms with Gasteiger partial charge in [-0.25, -0.2) is 0 Å². The third-order valence-electron chi connectivity index (χ3n) is 2.78. The van der Waals surface area contributed by atoms with Crippen molar-refractivity contribution in [2.24, 2.45) is 0 Å². The number of nitrogens with zero attached hydrogens (tertiary/aromatic N) is 3. The number of anilines is 1. The first-order valence-corrected chi connectivity index (χ1v) is 7.14. The molecule has 1 aliphatic heterocycles. The van der Waals surface area contributed by atoms with Crippen LogP contribution in [0.5, 0.6) is 0 Å². The molecule has 0 aromatic carbocycles.